The Morgan fingerprint density at radius 2 is 1.88 bits per heavy atom. The van der Waals surface area contributed by atoms with E-state index in [0.29, 0.717) is 19.6 Å². The van der Waals surface area contributed by atoms with E-state index < -0.39 is 11.8 Å². The second kappa shape index (κ2) is 8.12. The summed E-state index contributed by atoms with van der Waals surface area (Å²) in [7, 11) is 0. The van der Waals surface area contributed by atoms with E-state index in [1.54, 1.807) is 4.90 Å². The molecule has 0 unspecified atom stereocenters. The van der Waals surface area contributed by atoms with Gasteiger partial charge in [0, 0.05) is 19.1 Å². The smallest absolute Gasteiger partial charge is 0.312 e. The first kappa shape index (κ1) is 17.4. The average Bonchev–Trinajstić information content (AvgIpc) is 2.64. The fraction of sp³-hybridized carbons (Fsp3) is 0.400. The molecule has 1 saturated heterocycles. The standard InChI is InChI=1S/C20H25N3O2/c21-12-4-3-9-17-14-22-19(24)20(25)23(17)13-11-16-8-5-7-15-6-1-2-10-18(15)16/h1-2,5-8,10,17H,3-4,9,11-14,21H2,(H,22,24)/t17-/m0/s1. The Labute approximate surface area is 148 Å². The van der Waals surface area contributed by atoms with Gasteiger partial charge in [-0.25, -0.2) is 0 Å². The fourth-order valence-electron chi connectivity index (χ4n) is 3.51. The van der Waals surface area contributed by atoms with Crippen LogP contribution in [-0.4, -0.2) is 42.4 Å². The van der Waals surface area contributed by atoms with Crippen LogP contribution in [0.4, 0.5) is 0 Å². The predicted molar refractivity (Wildman–Crippen MR) is 99.1 cm³/mol. The van der Waals surface area contributed by atoms with Gasteiger partial charge < -0.3 is 16.0 Å². The number of benzene rings is 2. The van der Waals surface area contributed by atoms with Gasteiger partial charge in [0.05, 0.1) is 0 Å². The summed E-state index contributed by atoms with van der Waals surface area (Å²) in [5.74, 6) is -0.905. The van der Waals surface area contributed by atoms with Gasteiger partial charge in [0.25, 0.3) is 0 Å². The molecule has 0 spiro atoms. The van der Waals surface area contributed by atoms with Crippen molar-refractivity contribution in [3.8, 4) is 0 Å². The van der Waals surface area contributed by atoms with Gasteiger partial charge in [-0.15, -0.1) is 0 Å². The van der Waals surface area contributed by atoms with Crippen molar-refractivity contribution in [1.82, 2.24) is 10.2 Å². The molecule has 0 aliphatic carbocycles. The van der Waals surface area contributed by atoms with Gasteiger partial charge in [-0.05, 0) is 42.1 Å². The first-order valence-corrected chi connectivity index (χ1v) is 8.96. The Morgan fingerprint density at radius 3 is 2.72 bits per heavy atom. The molecule has 1 aliphatic rings. The molecule has 2 aromatic rings. The molecule has 1 heterocycles. The van der Waals surface area contributed by atoms with E-state index >= 15 is 0 Å². The molecule has 0 aromatic heterocycles. The van der Waals surface area contributed by atoms with E-state index in [-0.39, 0.29) is 6.04 Å². The molecular weight excluding hydrogens is 314 g/mol. The third kappa shape index (κ3) is 3.99. The van der Waals surface area contributed by atoms with Crippen LogP contribution in [0.25, 0.3) is 10.8 Å². The predicted octanol–water partition coefficient (Wildman–Crippen LogP) is 1.84. The highest BCUT2D eigenvalue weighted by molar-refractivity contribution is 6.35. The quantitative estimate of drug-likeness (QED) is 0.597. The minimum Gasteiger partial charge on any atom is -0.346 e. The maximum absolute atomic E-state index is 12.3. The zero-order chi connectivity index (χ0) is 17.6. The minimum absolute atomic E-state index is 0.0618. The molecule has 0 bridgehead atoms. The van der Waals surface area contributed by atoms with Crippen molar-refractivity contribution in [2.45, 2.75) is 31.7 Å². The number of nitrogens with two attached hydrogens (primary N) is 1. The molecule has 1 atom stereocenters. The number of hydrogen-bond donors (Lipinski definition) is 2. The van der Waals surface area contributed by atoms with Crippen LogP contribution in [-0.2, 0) is 16.0 Å². The van der Waals surface area contributed by atoms with Crippen LogP contribution < -0.4 is 11.1 Å². The Balaban J connectivity index is 1.73. The lowest BCUT2D eigenvalue weighted by molar-refractivity contribution is -0.150. The highest BCUT2D eigenvalue weighted by Gasteiger charge is 2.33. The number of fused-ring (bicyclic) bond motifs is 1. The fourth-order valence-corrected chi connectivity index (χ4v) is 3.51. The van der Waals surface area contributed by atoms with Gasteiger partial charge in [-0.3, -0.25) is 9.59 Å². The third-order valence-electron chi connectivity index (χ3n) is 4.89. The van der Waals surface area contributed by atoms with Gasteiger partial charge >= 0.3 is 11.8 Å². The molecular formula is C20H25N3O2. The van der Waals surface area contributed by atoms with E-state index in [9.17, 15) is 9.59 Å². The molecule has 3 N–H and O–H groups in total. The number of carbonyl (C=O) groups is 2. The summed E-state index contributed by atoms with van der Waals surface area (Å²) >= 11 is 0. The number of nitrogens with zero attached hydrogens (tertiary/aromatic N) is 1. The van der Waals surface area contributed by atoms with Gasteiger partial charge in [0.1, 0.15) is 0 Å². The van der Waals surface area contributed by atoms with Crippen molar-refractivity contribution in [1.29, 1.82) is 0 Å². The van der Waals surface area contributed by atoms with Crippen molar-refractivity contribution >= 4 is 22.6 Å². The maximum Gasteiger partial charge on any atom is 0.312 e. The summed E-state index contributed by atoms with van der Waals surface area (Å²) < 4.78 is 0. The first-order valence-electron chi connectivity index (χ1n) is 8.96. The molecule has 1 aliphatic heterocycles. The molecule has 0 saturated carbocycles. The van der Waals surface area contributed by atoms with Gasteiger partial charge in [-0.2, -0.15) is 0 Å². The van der Waals surface area contributed by atoms with Crippen LogP contribution in [0.5, 0.6) is 0 Å². The monoisotopic (exact) mass is 339 g/mol. The number of unbranched alkanes of at least 4 members (excludes halogenated alkanes) is 1. The molecule has 132 valence electrons. The van der Waals surface area contributed by atoms with Crippen LogP contribution in [0, 0.1) is 0 Å². The van der Waals surface area contributed by atoms with Crippen LogP contribution in [0.2, 0.25) is 0 Å². The lowest BCUT2D eigenvalue weighted by atomic mass is 10.0. The van der Waals surface area contributed by atoms with Crippen LogP contribution >= 0.6 is 0 Å². The number of piperazine rings is 1. The van der Waals surface area contributed by atoms with Crippen molar-refractivity contribution < 1.29 is 9.59 Å². The highest BCUT2D eigenvalue weighted by atomic mass is 16.2. The number of rotatable bonds is 7. The molecule has 2 aromatic carbocycles. The van der Waals surface area contributed by atoms with Crippen LogP contribution in [0.3, 0.4) is 0 Å². The molecule has 5 heteroatoms. The SMILES string of the molecule is NCCCC[C@H]1CNC(=O)C(=O)N1CCc1cccc2ccccc12. The van der Waals surface area contributed by atoms with Crippen molar-refractivity contribution in [3.63, 3.8) is 0 Å². The second-order valence-corrected chi connectivity index (χ2v) is 6.54. The first-order chi connectivity index (χ1) is 12.2. The molecule has 1 fully saturated rings. The third-order valence-corrected chi connectivity index (χ3v) is 4.89. The molecule has 25 heavy (non-hydrogen) atoms. The van der Waals surface area contributed by atoms with Crippen LogP contribution in [0.1, 0.15) is 24.8 Å². The molecule has 0 radical (unpaired) electrons. The lowest BCUT2D eigenvalue weighted by Gasteiger charge is -2.35. The molecule has 2 amide bonds. The van der Waals surface area contributed by atoms with E-state index in [1.807, 2.05) is 18.2 Å². The summed E-state index contributed by atoms with van der Waals surface area (Å²) in [6, 6.07) is 14.5. The highest BCUT2D eigenvalue weighted by Crippen LogP contribution is 2.20. The number of nitrogens with one attached hydrogen (secondary N) is 1. The van der Waals surface area contributed by atoms with E-state index in [2.05, 4.69) is 29.6 Å². The van der Waals surface area contributed by atoms with Gasteiger partial charge in [-0.1, -0.05) is 48.9 Å². The summed E-state index contributed by atoms with van der Waals surface area (Å²) in [4.78, 5) is 25.9. The van der Waals surface area contributed by atoms with Gasteiger partial charge in [0.2, 0.25) is 0 Å². The summed E-state index contributed by atoms with van der Waals surface area (Å²) in [5, 5.41) is 5.11. The number of amides is 2. The maximum atomic E-state index is 12.3. The van der Waals surface area contributed by atoms with Gasteiger partial charge in [0.15, 0.2) is 0 Å². The van der Waals surface area contributed by atoms with E-state index in [0.717, 1.165) is 25.7 Å². The van der Waals surface area contributed by atoms with Crippen LogP contribution in [0.15, 0.2) is 42.5 Å². The van der Waals surface area contributed by atoms with Crippen molar-refractivity contribution in [2.75, 3.05) is 19.6 Å². The summed E-state index contributed by atoms with van der Waals surface area (Å²) in [6.07, 6.45) is 3.53. The summed E-state index contributed by atoms with van der Waals surface area (Å²) in [6.45, 7) is 1.75. The zero-order valence-electron chi connectivity index (χ0n) is 14.4. The van der Waals surface area contributed by atoms with Crippen molar-refractivity contribution in [3.05, 3.63) is 48.0 Å². The molecule has 5 nitrogen and oxygen atoms in total. The Hall–Kier alpha value is -2.40. The lowest BCUT2D eigenvalue weighted by Crippen LogP contribution is -2.58. The van der Waals surface area contributed by atoms with E-state index in [4.69, 9.17) is 5.73 Å². The van der Waals surface area contributed by atoms with Crippen molar-refractivity contribution in [2.24, 2.45) is 5.73 Å². The Kier molecular flexibility index (Phi) is 5.66. The average molecular weight is 339 g/mol. The summed E-state index contributed by atoms with van der Waals surface area (Å²) in [5.41, 5.74) is 6.77. The Morgan fingerprint density at radius 1 is 1.08 bits per heavy atom. The Bertz CT molecular complexity index is 754. The number of hydrogen-bond acceptors (Lipinski definition) is 3. The second-order valence-electron chi connectivity index (χ2n) is 6.54. The largest absolute Gasteiger partial charge is 0.346 e. The zero-order valence-corrected chi connectivity index (χ0v) is 14.4. The molecule has 3 rings (SSSR count). The topological polar surface area (TPSA) is 75.4 Å². The normalized spacial score (nSPS) is 17.8. The minimum atomic E-state index is -0.493. The van der Waals surface area contributed by atoms with E-state index in [1.165, 1.54) is 16.3 Å². The number of carbonyl (C=O) groups excluding carboxylic acids is 2.